The number of likely N-dealkylation sites (tertiary alicyclic amines) is 1. The Morgan fingerprint density at radius 2 is 1.92 bits per heavy atom. The number of piperidine rings is 1. The van der Waals surface area contributed by atoms with Crippen LogP contribution in [0.4, 0.5) is 5.69 Å². The number of anilines is 1. The lowest BCUT2D eigenvalue weighted by Gasteiger charge is -2.37. The van der Waals surface area contributed by atoms with E-state index in [1.54, 1.807) is 18.5 Å². The second-order valence-electron chi connectivity index (χ2n) is 6.03. The third kappa shape index (κ3) is 5.31. The normalized spacial score (nSPS) is 15.1. The second-order valence-corrected chi connectivity index (χ2v) is 6.94. The second kappa shape index (κ2) is 9.97. The summed E-state index contributed by atoms with van der Waals surface area (Å²) in [6.07, 6.45) is 5.54. The van der Waals surface area contributed by atoms with Gasteiger partial charge in [0.15, 0.2) is 0 Å². The highest BCUT2D eigenvalue weighted by molar-refractivity contribution is 7.12. The monoisotopic (exact) mass is 402 g/mol. The molecule has 1 aliphatic rings. The molecule has 25 heavy (non-hydrogen) atoms. The van der Waals surface area contributed by atoms with Crippen LogP contribution in [0.25, 0.3) is 0 Å². The highest BCUT2D eigenvalue weighted by Crippen LogP contribution is 2.26. The quantitative estimate of drug-likeness (QED) is 0.851. The van der Waals surface area contributed by atoms with E-state index < -0.39 is 0 Å². The zero-order chi connectivity index (χ0) is 16.2. The van der Waals surface area contributed by atoms with Gasteiger partial charge in [-0.1, -0.05) is 0 Å². The molecular weight excluding hydrogens is 379 g/mol. The molecule has 138 valence electrons. The molecule has 0 atom stereocenters. The smallest absolute Gasteiger partial charge is 0.266 e. The van der Waals surface area contributed by atoms with Crippen molar-refractivity contribution in [1.82, 2.24) is 14.8 Å². The Hall–Kier alpha value is -1.34. The summed E-state index contributed by atoms with van der Waals surface area (Å²) in [4.78, 5) is 22.0. The minimum Gasteiger partial charge on any atom is -0.397 e. The number of thiophene rings is 1. The van der Waals surface area contributed by atoms with Crippen LogP contribution < -0.4 is 5.73 Å². The summed E-state index contributed by atoms with van der Waals surface area (Å²) in [6.45, 7) is 2.64. The fourth-order valence-corrected chi connectivity index (χ4v) is 3.75. The Morgan fingerprint density at radius 1 is 1.28 bits per heavy atom. The van der Waals surface area contributed by atoms with Gasteiger partial charge < -0.3 is 15.5 Å². The Bertz CT molecular complexity index is 660. The first-order chi connectivity index (χ1) is 11.1. The van der Waals surface area contributed by atoms with Crippen LogP contribution in [-0.4, -0.2) is 46.9 Å². The zero-order valence-corrected chi connectivity index (χ0v) is 16.6. The van der Waals surface area contributed by atoms with Crippen LogP contribution in [0.3, 0.4) is 0 Å². The number of carbonyl (C=O) groups is 1. The maximum Gasteiger partial charge on any atom is 0.266 e. The van der Waals surface area contributed by atoms with Crippen molar-refractivity contribution < 1.29 is 4.79 Å². The average molecular weight is 403 g/mol. The minimum atomic E-state index is 0. The largest absolute Gasteiger partial charge is 0.397 e. The van der Waals surface area contributed by atoms with Gasteiger partial charge in [0.1, 0.15) is 4.88 Å². The Labute approximate surface area is 165 Å². The molecule has 0 radical (unpaired) electrons. The maximum absolute atomic E-state index is 13.0. The van der Waals surface area contributed by atoms with E-state index in [1.807, 2.05) is 22.4 Å². The van der Waals surface area contributed by atoms with E-state index in [4.69, 9.17) is 5.73 Å². The van der Waals surface area contributed by atoms with Gasteiger partial charge >= 0.3 is 0 Å². The third-order valence-electron chi connectivity index (χ3n) is 4.38. The Morgan fingerprint density at radius 3 is 2.48 bits per heavy atom. The number of halogens is 2. The summed E-state index contributed by atoms with van der Waals surface area (Å²) in [5.74, 6) is 0.0452. The molecule has 1 saturated heterocycles. The van der Waals surface area contributed by atoms with Crippen LogP contribution in [0.5, 0.6) is 0 Å². The van der Waals surface area contributed by atoms with Crippen LogP contribution in [-0.2, 0) is 6.54 Å². The lowest BCUT2D eigenvalue weighted by atomic mass is 10.0. The van der Waals surface area contributed by atoms with Crippen molar-refractivity contribution >= 4 is 47.7 Å². The van der Waals surface area contributed by atoms with E-state index >= 15 is 0 Å². The van der Waals surface area contributed by atoms with Gasteiger partial charge in [0.25, 0.3) is 5.91 Å². The summed E-state index contributed by atoms with van der Waals surface area (Å²) < 4.78 is 0. The summed E-state index contributed by atoms with van der Waals surface area (Å²) >= 11 is 1.42. The van der Waals surface area contributed by atoms with Crippen LogP contribution in [0.1, 0.15) is 28.1 Å². The van der Waals surface area contributed by atoms with Gasteiger partial charge in [-0.2, -0.15) is 0 Å². The summed E-state index contributed by atoms with van der Waals surface area (Å²) in [5, 5.41) is 1.88. The van der Waals surface area contributed by atoms with E-state index in [2.05, 4.69) is 16.9 Å². The van der Waals surface area contributed by atoms with Gasteiger partial charge in [0, 0.05) is 25.0 Å². The lowest BCUT2D eigenvalue weighted by molar-refractivity contribution is 0.0575. The molecule has 0 saturated carbocycles. The number of aromatic nitrogens is 1. The van der Waals surface area contributed by atoms with E-state index in [9.17, 15) is 4.79 Å². The number of pyridine rings is 1. The van der Waals surface area contributed by atoms with Gasteiger partial charge in [-0.15, -0.1) is 36.2 Å². The predicted molar refractivity (Wildman–Crippen MR) is 108 cm³/mol. The highest BCUT2D eigenvalue weighted by atomic mass is 35.5. The SMILES string of the molecule is CN1CCC(N(Cc2ccncc2)C(=O)c2sccc2N)CC1.Cl.Cl. The van der Waals surface area contributed by atoms with Gasteiger partial charge in [0.2, 0.25) is 0 Å². The number of nitrogens with zero attached hydrogens (tertiary/aromatic N) is 3. The first-order valence-electron chi connectivity index (χ1n) is 7.86. The first-order valence-corrected chi connectivity index (χ1v) is 8.74. The topological polar surface area (TPSA) is 62.5 Å². The summed E-state index contributed by atoms with van der Waals surface area (Å²) in [7, 11) is 2.13. The first kappa shape index (κ1) is 21.7. The molecule has 2 aromatic rings. The fraction of sp³-hybridized carbons (Fsp3) is 0.412. The molecule has 0 unspecified atom stereocenters. The Kier molecular flexibility index (Phi) is 8.65. The molecule has 1 amide bonds. The van der Waals surface area contributed by atoms with E-state index in [1.165, 1.54) is 11.3 Å². The van der Waals surface area contributed by atoms with Gasteiger partial charge in [-0.05, 0) is 62.1 Å². The van der Waals surface area contributed by atoms with Gasteiger partial charge in [-0.3, -0.25) is 9.78 Å². The molecule has 3 heterocycles. The number of hydrogen-bond donors (Lipinski definition) is 1. The maximum atomic E-state index is 13.0. The van der Waals surface area contributed by atoms with Crippen LogP contribution in [0.2, 0.25) is 0 Å². The van der Waals surface area contributed by atoms with Crippen molar-refractivity contribution in [1.29, 1.82) is 0 Å². The summed E-state index contributed by atoms with van der Waals surface area (Å²) in [5.41, 5.74) is 7.64. The van der Waals surface area contributed by atoms with Crippen molar-refractivity contribution in [3.63, 3.8) is 0 Å². The van der Waals surface area contributed by atoms with Gasteiger partial charge in [0.05, 0.1) is 5.69 Å². The highest BCUT2D eigenvalue weighted by Gasteiger charge is 2.29. The van der Waals surface area contributed by atoms with E-state index in [0.717, 1.165) is 31.5 Å². The molecule has 0 bridgehead atoms. The minimum absolute atomic E-state index is 0. The van der Waals surface area contributed by atoms with Crippen molar-refractivity contribution in [3.05, 3.63) is 46.4 Å². The zero-order valence-electron chi connectivity index (χ0n) is 14.1. The van der Waals surface area contributed by atoms with E-state index in [0.29, 0.717) is 17.1 Å². The third-order valence-corrected chi connectivity index (χ3v) is 5.30. The standard InChI is InChI=1S/C17H22N4OS.2ClH/c1-20-9-4-14(5-10-20)21(12-13-2-7-19-8-3-13)17(22)16-15(18)6-11-23-16;;/h2-3,6-8,11,14H,4-5,9-10,12,18H2,1H3;2*1H. The fourth-order valence-electron chi connectivity index (χ4n) is 2.98. The number of carbonyl (C=O) groups excluding carboxylic acids is 1. The molecule has 1 fully saturated rings. The van der Waals surface area contributed by atoms with E-state index in [-0.39, 0.29) is 36.8 Å². The molecule has 3 rings (SSSR count). The molecule has 2 N–H and O–H groups in total. The number of nitrogens with two attached hydrogens (primary N) is 1. The van der Waals surface area contributed by atoms with Crippen molar-refractivity contribution in [3.8, 4) is 0 Å². The lowest BCUT2D eigenvalue weighted by Crippen LogP contribution is -2.46. The molecular formula is C17H24Cl2N4OS. The van der Waals surface area contributed by atoms with Crippen LogP contribution in [0, 0.1) is 0 Å². The molecule has 1 aliphatic heterocycles. The molecule has 0 spiro atoms. The van der Waals surface area contributed by atoms with Crippen molar-refractivity contribution in [2.45, 2.75) is 25.4 Å². The number of rotatable bonds is 4. The van der Waals surface area contributed by atoms with Crippen molar-refractivity contribution in [2.24, 2.45) is 0 Å². The molecule has 5 nitrogen and oxygen atoms in total. The summed E-state index contributed by atoms with van der Waals surface area (Å²) in [6, 6.07) is 5.99. The van der Waals surface area contributed by atoms with Gasteiger partial charge in [-0.25, -0.2) is 0 Å². The van der Waals surface area contributed by atoms with Crippen LogP contribution in [0.15, 0.2) is 36.0 Å². The Balaban J connectivity index is 0.00000156. The molecule has 0 aliphatic carbocycles. The molecule has 8 heteroatoms. The van der Waals surface area contributed by atoms with Crippen LogP contribution >= 0.6 is 36.2 Å². The molecule has 2 aromatic heterocycles. The van der Waals surface area contributed by atoms with Crippen molar-refractivity contribution in [2.75, 3.05) is 25.9 Å². The molecule has 0 aromatic carbocycles. The average Bonchev–Trinajstić information content (AvgIpc) is 3.00. The number of amides is 1. The number of nitrogen functional groups attached to an aromatic ring is 1. The predicted octanol–water partition coefficient (Wildman–Crippen LogP) is 3.31. The number of hydrogen-bond acceptors (Lipinski definition) is 5.